The van der Waals surface area contributed by atoms with Gasteiger partial charge in [0.05, 0.1) is 0 Å². The number of aromatic hydroxyl groups is 3. The molecule has 140 valence electrons. The van der Waals surface area contributed by atoms with Gasteiger partial charge in [-0.25, -0.2) is 0 Å². The maximum atomic E-state index is 10.7. The van der Waals surface area contributed by atoms with Gasteiger partial charge in [-0.05, 0) is 55.9 Å². The van der Waals surface area contributed by atoms with Crippen LogP contribution < -0.4 is 0 Å². The van der Waals surface area contributed by atoms with E-state index in [9.17, 15) is 15.3 Å². The number of phenolic OH excluding ortho intramolecular Hbond substituents is 3. The molecule has 0 aromatic heterocycles. The second kappa shape index (κ2) is 7.75. The number of phenols is 3. The molecule has 0 aliphatic carbocycles. The zero-order chi connectivity index (χ0) is 19.6. The molecule has 0 bridgehead atoms. The lowest BCUT2D eigenvalue weighted by atomic mass is 9.83. The molecule has 3 N–H and O–H groups in total. The Bertz CT molecular complexity index is 908. The molecule has 0 spiro atoms. The van der Waals surface area contributed by atoms with E-state index in [0.29, 0.717) is 18.6 Å². The summed E-state index contributed by atoms with van der Waals surface area (Å²) < 4.78 is 0. The van der Waals surface area contributed by atoms with Gasteiger partial charge in [-0.2, -0.15) is 0 Å². The Balaban J connectivity index is 2.04. The minimum Gasteiger partial charge on any atom is -0.507 e. The van der Waals surface area contributed by atoms with E-state index in [-0.39, 0.29) is 17.4 Å². The lowest BCUT2D eigenvalue weighted by molar-refractivity contribution is 0.444. The Morgan fingerprint density at radius 3 is 1.59 bits per heavy atom. The van der Waals surface area contributed by atoms with E-state index in [1.54, 1.807) is 0 Å². The number of hydrogen-bond acceptors (Lipinski definition) is 3. The number of rotatable bonds is 5. The average Bonchev–Trinajstić information content (AvgIpc) is 2.65. The molecule has 0 aliphatic heterocycles. The highest BCUT2D eigenvalue weighted by molar-refractivity contribution is 5.51. The van der Waals surface area contributed by atoms with Crippen molar-refractivity contribution in [1.29, 1.82) is 0 Å². The summed E-state index contributed by atoms with van der Waals surface area (Å²) in [6, 6.07) is 17.2. The maximum absolute atomic E-state index is 10.7. The van der Waals surface area contributed by atoms with Crippen molar-refractivity contribution in [2.45, 2.75) is 39.5 Å². The molecule has 0 heterocycles. The average molecular weight is 362 g/mol. The Hall–Kier alpha value is -2.94. The van der Waals surface area contributed by atoms with Crippen molar-refractivity contribution in [1.82, 2.24) is 0 Å². The Kier molecular flexibility index (Phi) is 5.41. The van der Waals surface area contributed by atoms with Crippen molar-refractivity contribution >= 4 is 0 Å². The minimum atomic E-state index is -0.176. The van der Waals surface area contributed by atoms with E-state index >= 15 is 0 Å². The predicted molar refractivity (Wildman–Crippen MR) is 109 cm³/mol. The van der Waals surface area contributed by atoms with Crippen LogP contribution in [0.25, 0.3) is 0 Å². The van der Waals surface area contributed by atoms with E-state index in [4.69, 9.17) is 0 Å². The van der Waals surface area contributed by atoms with Crippen LogP contribution in [0.15, 0.2) is 54.6 Å². The standard InChI is InChI=1S/C24H26O3/c1-15-7-4-10-18(22(15)25)13-14-19(20-11-5-8-16(2)23(20)26)21-12-6-9-17(3)24(21)27/h4-12,19,25-27H,13-14H2,1-3H3. The van der Waals surface area contributed by atoms with E-state index in [2.05, 4.69) is 0 Å². The molecule has 0 atom stereocenters. The van der Waals surface area contributed by atoms with Gasteiger partial charge in [-0.1, -0.05) is 54.6 Å². The maximum Gasteiger partial charge on any atom is 0.122 e. The van der Waals surface area contributed by atoms with Gasteiger partial charge in [0.2, 0.25) is 0 Å². The highest BCUT2D eigenvalue weighted by Gasteiger charge is 2.22. The molecule has 0 unspecified atom stereocenters. The van der Waals surface area contributed by atoms with Crippen LogP contribution in [-0.4, -0.2) is 15.3 Å². The van der Waals surface area contributed by atoms with Crippen LogP contribution >= 0.6 is 0 Å². The summed E-state index contributed by atoms with van der Waals surface area (Å²) in [7, 11) is 0. The van der Waals surface area contributed by atoms with Gasteiger partial charge >= 0.3 is 0 Å². The van der Waals surface area contributed by atoms with Gasteiger partial charge in [0.1, 0.15) is 17.2 Å². The quantitative estimate of drug-likeness (QED) is 0.562. The molecule has 0 radical (unpaired) electrons. The monoisotopic (exact) mass is 362 g/mol. The van der Waals surface area contributed by atoms with Crippen LogP contribution in [0.1, 0.15) is 45.7 Å². The van der Waals surface area contributed by atoms with Gasteiger partial charge in [0.15, 0.2) is 0 Å². The SMILES string of the molecule is Cc1cccc(CCC(c2cccc(C)c2O)c2cccc(C)c2O)c1O. The minimum absolute atomic E-state index is 0.176. The zero-order valence-electron chi connectivity index (χ0n) is 16.0. The Labute approximate surface area is 160 Å². The van der Waals surface area contributed by atoms with Crippen molar-refractivity contribution in [3.63, 3.8) is 0 Å². The molecule has 0 saturated heterocycles. The van der Waals surface area contributed by atoms with Crippen LogP contribution in [0, 0.1) is 20.8 Å². The largest absolute Gasteiger partial charge is 0.507 e. The second-order valence-electron chi connectivity index (χ2n) is 7.20. The van der Waals surface area contributed by atoms with Gasteiger partial charge < -0.3 is 15.3 Å². The topological polar surface area (TPSA) is 60.7 Å². The molecule has 3 rings (SSSR count). The number of para-hydroxylation sites is 3. The van der Waals surface area contributed by atoms with E-state index in [1.165, 1.54) is 0 Å². The second-order valence-corrected chi connectivity index (χ2v) is 7.20. The van der Waals surface area contributed by atoms with Gasteiger partial charge in [0, 0.05) is 17.0 Å². The number of benzene rings is 3. The summed E-state index contributed by atoms with van der Waals surface area (Å²) in [5, 5.41) is 31.7. The molecule has 3 heteroatoms. The zero-order valence-corrected chi connectivity index (χ0v) is 16.0. The molecule has 0 aliphatic rings. The first-order valence-electron chi connectivity index (χ1n) is 9.24. The Morgan fingerprint density at radius 1 is 0.630 bits per heavy atom. The third-order valence-electron chi connectivity index (χ3n) is 5.31. The highest BCUT2D eigenvalue weighted by Crippen LogP contribution is 2.41. The van der Waals surface area contributed by atoms with Crippen molar-refractivity contribution in [3.05, 3.63) is 88.0 Å². The number of aryl methyl sites for hydroxylation is 4. The molecule has 0 fully saturated rings. The lowest BCUT2D eigenvalue weighted by Crippen LogP contribution is -2.05. The van der Waals surface area contributed by atoms with Gasteiger partial charge in [-0.15, -0.1) is 0 Å². The Morgan fingerprint density at radius 2 is 1.07 bits per heavy atom. The predicted octanol–water partition coefficient (Wildman–Crippen LogP) is 5.49. The summed E-state index contributed by atoms with van der Waals surface area (Å²) in [5.74, 6) is 0.664. The fourth-order valence-corrected chi connectivity index (χ4v) is 3.63. The third kappa shape index (κ3) is 3.77. The summed E-state index contributed by atoms with van der Waals surface area (Å²) >= 11 is 0. The van der Waals surface area contributed by atoms with Gasteiger partial charge in [0.25, 0.3) is 0 Å². The number of hydrogen-bond donors (Lipinski definition) is 3. The van der Waals surface area contributed by atoms with E-state index < -0.39 is 0 Å². The summed E-state index contributed by atoms with van der Waals surface area (Å²) in [5.41, 5.74) is 4.93. The summed E-state index contributed by atoms with van der Waals surface area (Å²) in [4.78, 5) is 0. The molecule has 0 saturated carbocycles. The highest BCUT2D eigenvalue weighted by atomic mass is 16.3. The van der Waals surface area contributed by atoms with Crippen LogP contribution in [0.2, 0.25) is 0 Å². The summed E-state index contributed by atoms with van der Waals surface area (Å²) in [6.45, 7) is 5.63. The first kappa shape index (κ1) is 18.8. The first-order valence-corrected chi connectivity index (χ1v) is 9.24. The van der Waals surface area contributed by atoms with Crippen molar-refractivity contribution in [2.75, 3.05) is 0 Å². The van der Waals surface area contributed by atoms with Crippen molar-refractivity contribution in [2.24, 2.45) is 0 Å². The van der Waals surface area contributed by atoms with E-state index in [1.807, 2.05) is 75.4 Å². The molecular formula is C24H26O3. The molecule has 3 nitrogen and oxygen atoms in total. The summed E-state index contributed by atoms with van der Waals surface area (Å²) in [6.07, 6.45) is 1.30. The molecule has 27 heavy (non-hydrogen) atoms. The fraction of sp³-hybridized carbons (Fsp3) is 0.250. The van der Waals surface area contributed by atoms with Gasteiger partial charge in [-0.3, -0.25) is 0 Å². The normalized spacial score (nSPS) is 11.1. The molecular weight excluding hydrogens is 336 g/mol. The molecule has 0 amide bonds. The van der Waals surface area contributed by atoms with Crippen LogP contribution in [0.5, 0.6) is 17.2 Å². The van der Waals surface area contributed by atoms with Crippen LogP contribution in [-0.2, 0) is 6.42 Å². The van der Waals surface area contributed by atoms with Crippen LogP contribution in [0.3, 0.4) is 0 Å². The lowest BCUT2D eigenvalue weighted by Gasteiger charge is -2.22. The molecule has 3 aromatic carbocycles. The van der Waals surface area contributed by atoms with Crippen LogP contribution in [0.4, 0.5) is 0 Å². The first-order chi connectivity index (χ1) is 12.9. The van der Waals surface area contributed by atoms with Crippen molar-refractivity contribution < 1.29 is 15.3 Å². The fourth-order valence-electron chi connectivity index (χ4n) is 3.63. The third-order valence-corrected chi connectivity index (χ3v) is 5.31. The van der Waals surface area contributed by atoms with Crippen molar-refractivity contribution in [3.8, 4) is 17.2 Å². The molecule has 3 aromatic rings. The smallest absolute Gasteiger partial charge is 0.122 e. The van der Waals surface area contributed by atoms with E-state index in [0.717, 1.165) is 33.4 Å².